The van der Waals surface area contributed by atoms with Crippen LogP contribution in [-0.4, -0.2) is 19.6 Å². The molecule has 2 unspecified atom stereocenters. The van der Waals surface area contributed by atoms with E-state index in [1.54, 1.807) is 0 Å². The first kappa shape index (κ1) is 12.8. The number of hydrogen-bond donors (Lipinski definition) is 2. The molecule has 4 rings (SSSR count). The van der Waals surface area contributed by atoms with Crippen LogP contribution in [0, 0.1) is 11.7 Å². The molecular weight excluding hydrogens is 263 g/mol. The third-order valence-corrected chi connectivity index (χ3v) is 4.81. The van der Waals surface area contributed by atoms with Crippen LogP contribution in [0.4, 0.5) is 10.1 Å². The highest BCUT2D eigenvalue weighted by molar-refractivity contribution is 5.81. The maximum atomic E-state index is 13.2. The van der Waals surface area contributed by atoms with E-state index >= 15 is 0 Å². The minimum Gasteiger partial charge on any atom is -0.384 e. The van der Waals surface area contributed by atoms with Gasteiger partial charge in [0.15, 0.2) is 0 Å². The topological polar surface area (TPSA) is 24.1 Å². The Kier molecular flexibility index (Phi) is 3.15. The Labute approximate surface area is 124 Å². The van der Waals surface area contributed by atoms with Gasteiger partial charge in [0.2, 0.25) is 0 Å². The molecule has 0 bridgehead atoms. The summed E-state index contributed by atoms with van der Waals surface area (Å²) in [5.41, 5.74) is 4.90. The SMILES string of the molecule is Fc1ccc(-c2cccc3c2NCCC2CNCC32)cc1. The zero-order valence-corrected chi connectivity index (χ0v) is 11.9. The molecule has 3 heteroatoms. The lowest BCUT2D eigenvalue weighted by atomic mass is 9.86. The van der Waals surface area contributed by atoms with E-state index in [2.05, 4.69) is 28.8 Å². The van der Waals surface area contributed by atoms with Crippen molar-refractivity contribution in [2.24, 2.45) is 5.92 Å². The number of fused-ring (bicyclic) bond motifs is 3. The zero-order valence-electron chi connectivity index (χ0n) is 11.9. The fourth-order valence-corrected chi connectivity index (χ4v) is 3.73. The van der Waals surface area contributed by atoms with E-state index < -0.39 is 0 Å². The van der Waals surface area contributed by atoms with Crippen molar-refractivity contribution in [2.45, 2.75) is 12.3 Å². The average molecular weight is 282 g/mol. The number of nitrogens with one attached hydrogen (secondary N) is 2. The van der Waals surface area contributed by atoms with Gasteiger partial charge in [-0.2, -0.15) is 0 Å². The molecule has 1 fully saturated rings. The molecule has 2 aromatic rings. The van der Waals surface area contributed by atoms with Gasteiger partial charge in [-0.25, -0.2) is 4.39 Å². The minimum atomic E-state index is -0.186. The van der Waals surface area contributed by atoms with Crippen molar-refractivity contribution in [3.8, 4) is 11.1 Å². The van der Waals surface area contributed by atoms with E-state index in [1.807, 2.05) is 12.1 Å². The first-order valence-corrected chi connectivity index (χ1v) is 7.66. The normalized spacial score (nSPS) is 23.9. The van der Waals surface area contributed by atoms with E-state index in [0.29, 0.717) is 5.92 Å². The van der Waals surface area contributed by atoms with Gasteiger partial charge in [-0.1, -0.05) is 30.3 Å². The Morgan fingerprint density at radius 2 is 1.86 bits per heavy atom. The van der Waals surface area contributed by atoms with Crippen molar-refractivity contribution in [2.75, 3.05) is 25.0 Å². The number of halogens is 1. The summed E-state index contributed by atoms with van der Waals surface area (Å²) in [6.45, 7) is 3.19. The van der Waals surface area contributed by atoms with Gasteiger partial charge < -0.3 is 10.6 Å². The molecule has 0 spiro atoms. The molecule has 0 radical (unpaired) electrons. The van der Waals surface area contributed by atoms with Crippen molar-refractivity contribution >= 4 is 5.69 Å². The molecule has 2 nitrogen and oxygen atoms in total. The van der Waals surface area contributed by atoms with Gasteiger partial charge in [0.25, 0.3) is 0 Å². The summed E-state index contributed by atoms with van der Waals surface area (Å²) < 4.78 is 13.2. The summed E-state index contributed by atoms with van der Waals surface area (Å²) in [7, 11) is 0. The highest BCUT2D eigenvalue weighted by Gasteiger charge is 2.32. The summed E-state index contributed by atoms with van der Waals surface area (Å²) in [4.78, 5) is 0. The molecule has 21 heavy (non-hydrogen) atoms. The predicted molar refractivity (Wildman–Crippen MR) is 84.0 cm³/mol. The third-order valence-electron chi connectivity index (χ3n) is 4.81. The summed E-state index contributed by atoms with van der Waals surface area (Å²) in [6, 6.07) is 13.3. The van der Waals surface area contributed by atoms with Gasteiger partial charge in [-0.15, -0.1) is 0 Å². The molecule has 2 aromatic carbocycles. The molecule has 2 N–H and O–H groups in total. The molecule has 2 aliphatic heterocycles. The molecule has 0 saturated carbocycles. The summed E-state index contributed by atoms with van der Waals surface area (Å²) in [5.74, 6) is 1.13. The van der Waals surface area contributed by atoms with Gasteiger partial charge >= 0.3 is 0 Å². The second kappa shape index (κ2) is 5.15. The van der Waals surface area contributed by atoms with Crippen LogP contribution in [0.5, 0.6) is 0 Å². The maximum absolute atomic E-state index is 13.2. The standard InChI is InChI=1S/C18H19FN2/c19-14-6-4-12(5-7-14)15-2-1-3-16-17-11-20-10-13(17)8-9-21-18(15)16/h1-7,13,17,20-21H,8-11H2. The first-order valence-electron chi connectivity index (χ1n) is 7.66. The van der Waals surface area contributed by atoms with Gasteiger partial charge in [-0.05, 0) is 42.1 Å². The molecule has 0 aromatic heterocycles. The fourth-order valence-electron chi connectivity index (χ4n) is 3.73. The van der Waals surface area contributed by atoms with Gasteiger partial charge in [0.1, 0.15) is 5.82 Å². The average Bonchev–Trinajstić information content (AvgIpc) is 2.90. The Morgan fingerprint density at radius 3 is 2.71 bits per heavy atom. The molecule has 108 valence electrons. The molecule has 1 saturated heterocycles. The maximum Gasteiger partial charge on any atom is 0.123 e. The lowest BCUT2D eigenvalue weighted by molar-refractivity contribution is 0.503. The molecule has 0 amide bonds. The van der Waals surface area contributed by atoms with Crippen molar-refractivity contribution in [3.63, 3.8) is 0 Å². The van der Waals surface area contributed by atoms with Crippen LogP contribution < -0.4 is 10.6 Å². The third kappa shape index (κ3) is 2.22. The number of anilines is 1. The number of hydrogen-bond acceptors (Lipinski definition) is 2. The van der Waals surface area contributed by atoms with E-state index in [0.717, 1.165) is 31.1 Å². The molecular formula is C18H19FN2. The van der Waals surface area contributed by atoms with E-state index in [4.69, 9.17) is 0 Å². The second-order valence-corrected chi connectivity index (χ2v) is 6.02. The smallest absolute Gasteiger partial charge is 0.123 e. The van der Waals surface area contributed by atoms with Crippen molar-refractivity contribution in [3.05, 3.63) is 53.8 Å². The van der Waals surface area contributed by atoms with Crippen LogP contribution in [0.15, 0.2) is 42.5 Å². The lowest BCUT2D eigenvalue weighted by Crippen LogP contribution is -2.12. The van der Waals surface area contributed by atoms with Crippen LogP contribution >= 0.6 is 0 Å². The molecule has 2 aliphatic rings. The van der Waals surface area contributed by atoms with E-state index in [-0.39, 0.29) is 5.82 Å². The van der Waals surface area contributed by atoms with Gasteiger partial charge in [0, 0.05) is 30.3 Å². The van der Waals surface area contributed by atoms with Gasteiger partial charge in [-0.3, -0.25) is 0 Å². The Morgan fingerprint density at radius 1 is 1.00 bits per heavy atom. The lowest BCUT2D eigenvalue weighted by Gasteiger charge is -2.19. The van der Waals surface area contributed by atoms with Gasteiger partial charge in [0.05, 0.1) is 0 Å². The second-order valence-electron chi connectivity index (χ2n) is 6.02. The summed E-state index contributed by atoms with van der Waals surface area (Å²) in [6.07, 6.45) is 1.20. The van der Waals surface area contributed by atoms with E-state index in [9.17, 15) is 4.39 Å². The predicted octanol–water partition coefficient (Wildman–Crippen LogP) is 3.61. The Hall–Kier alpha value is -1.87. The highest BCUT2D eigenvalue weighted by atomic mass is 19.1. The molecule has 2 heterocycles. The van der Waals surface area contributed by atoms with Crippen LogP contribution in [0.2, 0.25) is 0 Å². The first-order chi connectivity index (χ1) is 10.3. The van der Waals surface area contributed by atoms with Crippen LogP contribution in [0.3, 0.4) is 0 Å². The fraction of sp³-hybridized carbons (Fsp3) is 0.333. The number of para-hydroxylation sites is 1. The molecule has 0 aliphatic carbocycles. The monoisotopic (exact) mass is 282 g/mol. The Bertz CT molecular complexity index is 651. The number of rotatable bonds is 1. The van der Waals surface area contributed by atoms with Crippen molar-refractivity contribution in [1.82, 2.24) is 5.32 Å². The van der Waals surface area contributed by atoms with Crippen LogP contribution in [-0.2, 0) is 0 Å². The number of benzene rings is 2. The van der Waals surface area contributed by atoms with Crippen LogP contribution in [0.1, 0.15) is 17.9 Å². The summed E-state index contributed by atoms with van der Waals surface area (Å²) >= 11 is 0. The van der Waals surface area contributed by atoms with Crippen molar-refractivity contribution < 1.29 is 4.39 Å². The highest BCUT2D eigenvalue weighted by Crippen LogP contribution is 2.41. The molecule has 2 atom stereocenters. The zero-order chi connectivity index (χ0) is 14.2. The van der Waals surface area contributed by atoms with E-state index in [1.165, 1.54) is 35.4 Å². The quantitative estimate of drug-likeness (QED) is 0.835. The largest absolute Gasteiger partial charge is 0.384 e. The minimum absolute atomic E-state index is 0.186. The van der Waals surface area contributed by atoms with Crippen LogP contribution in [0.25, 0.3) is 11.1 Å². The Balaban J connectivity index is 1.83. The van der Waals surface area contributed by atoms with Crippen molar-refractivity contribution in [1.29, 1.82) is 0 Å². The summed E-state index contributed by atoms with van der Waals surface area (Å²) in [5, 5.41) is 7.14.